The van der Waals surface area contributed by atoms with E-state index in [1.54, 1.807) is 36.5 Å². The van der Waals surface area contributed by atoms with Gasteiger partial charge in [-0.15, -0.1) is 0 Å². The van der Waals surface area contributed by atoms with E-state index in [-0.39, 0.29) is 139 Å². The number of hydrogen-bond acceptors (Lipinski definition) is 14. The Hall–Kier alpha value is -6.65. The molecule has 608 valence electrons. The van der Waals surface area contributed by atoms with Crippen molar-refractivity contribution in [1.29, 1.82) is 0 Å². The number of nitrogens with zero attached hydrogens (tertiary/aromatic N) is 2. The number of halogens is 23. The Morgan fingerprint density at radius 3 is 1.59 bits per heavy atom. The van der Waals surface area contributed by atoms with Crippen LogP contribution in [0.25, 0.3) is 43.6 Å². The number of carbonyl (C=O) groups excluding carboxylic acids is 5. The van der Waals surface area contributed by atoms with Crippen molar-refractivity contribution in [2.75, 3.05) is 34.5 Å². The second-order valence-electron chi connectivity index (χ2n) is 23.0. The van der Waals surface area contributed by atoms with Crippen LogP contribution >= 0.6 is 55.1 Å². The second kappa shape index (κ2) is 46.1. The molecule has 4 aromatic heterocycles. The van der Waals surface area contributed by atoms with E-state index in [1.165, 1.54) is 98.0 Å². The summed E-state index contributed by atoms with van der Waals surface area (Å²) < 4.78 is 240. The van der Waals surface area contributed by atoms with Gasteiger partial charge in [0.15, 0.2) is 34.3 Å². The largest absolute Gasteiger partial charge is 1.00 e. The SMILES string of the molecule is C1CCOC1.Fc1ccc2[nH]ccc2c1.NC(Cc1c[nH]c2ccc(F)cc12)C(F)(F)F.O/N=C(/Cc1c[nH]c2ccc(F)cc12)C(F)(F)F.O/N=C(\CBr)C(F)(F)F.O=C(CBr)C(F)(F)F.O=C1Nc2ccc(Cl)cc2C12NC(C(F)(F)F)Cc1c2[nH]c2ccc(F)cc12.O=C1Nc2ccc(Cl)cc2C1=O.O=CO[O-].[AlH3].[H-].[H-].[Li+].[Na+].[Na+]. The summed E-state index contributed by atoms with van der Waals surface area (Å²) in [5.74, 6) is -5.29. The van der Waals surface area contributed by atoms with Crippen molar-refractivity contribution in [3.8, 4) is 0 Å². The molecule has 4 aliphatic rings. The van der Waals surface area contributed by atoms with Crippen LogP contribution in [0.3, 0.4) is 0 Å². The van der Waals surface area contributed by atoms with Gasteiger partial charge in [0, 0.05) is 103 Å². The van der Waals surface area contributed by atoms with Crippen LogP contribution in [-0.4, -0.2) is 156 Å². The van der Waals surface area contributed by atoms with Gasteiger partial charge in [0.25, 0.3) is 24.1 Å². The molecule has 14 rings (SSSR count). The molecule has 47 heteroatoms. The van der Waals surface area contributed by atoms with E-state index in [1.807, 2.05) is 11.2 Å². The molecule has 4 aliphatic heterocycles. The van der Waals surface area contributed by atoms with Crippen LogP contribution in [0.5, 0.6) is 0 Å². The first-order valence-corrected chi connectivity index (χ1v) is 34.0. The first-order valence-electron chi connectivity index (χ1n) is 31.0. The maximum absolute atomic E-state index is 13.8. The summed E-state index contributed by atoms with van der Waals surface area (Å²) in [7, 11) is 0. The third-order valence-corrected chi connectivity index (χ3v) is 17.1. The van der Waals surface area contributed by atoms with Gasteiger partial charge in [0.2, 0.25) is 5.78 Å². The second-order valence-corrected chi connectivity index (χ2v) is 25.0. The monoisotopic (exact) mass is 1840 g/mol. The van der Waals surface area contributed by atoms with Crippen molar-refractivity contribution < 1.29 is 214 Å². The number of benzene rings is 6. The molecule has 3 unspecified atom stereocenters. The van der Waals surface area contributed by atoms with Crippen molar-refractivity contribution in [1.82, 2.24) is 25.3 Å². The molecule has 3 atom stereocenters. The number of ketones is 2. The number of fused-ring (bicyclic) bond motifs is 10. The smallest absolute Gasteiger partial charge is 1.00 e. The number of ether oxygens (including phenoxy) is 1. The molecule has 0 saturated carbocycles. The van der Waals surface area contributed by atoms with Crippen LogP contribution in [-0.2, 0) is 53.6 Å². The Balaban J connectivity index is 0.00000135. The van der Waals surface area contributed by atoms with E-state index in [0.29, 0.717) is 65.8 Å². The zero-order chi connectivity index (χ0) is 82.7. The van der Waals surface area contributed by atoms with E-state index >= 15 is 0 Å². The average molecular weight is 1850 g/mol. The standard InChI is InChI=1S/C19H12ClF4N3O.C11H8F4N2O.C11H10F4N2.C8H4ClNO2.C8H6FN.C4H8O.C3H3BrF3NO.C3H2BrF3O.CH2O3.Al.Li.2Na.5H/c20-8-1-3-14-12(5-8)18(17(28)26-14)16-11(7-15(27-18)19(22,23)24)10-6-9(21)2-4-13(10)25-16;12-7-1-2-9-8(4-7)6(5-16-9)3-10(17-18)11(13,14)15;12-7-1-2-9-8(4-7)6(5-17-9)3-10(16)11(13,14)15;9-4-1-2-6-5(3-4)7(11)8(12)10-6;9-7-1-2-8-6(5-7)3-4-10-8;1-2-4-5-3-1;4-1-2(8-9)3(5,6)7;4-1-2(8)3(5,6)7;2-1-4-3;;;;;;;;;/h1-6,15,25,27H,7H2,(H,26,28);1-2,4-5,16,18H,3H2;1-2,4-5,10,17H,3,16H2;1-3H,(H,10,11,12);1-5,10H;1-4H2;9H,1H2;1H2;1,3H;;;;;;;;;/q;;;;;;;;;;3*+1;;;;2*-1/p-1/b;17-10-;;;;;8-2+;;;;;;;;;;;. The van der Waals surface area contributed by atoms with Crippen molar-refractivity contribution in [2.45, 2.75) is 80.6 Å². The van der Waals surface area contributed by atoms with Gasteiger partial charge in [-0.3, -0.25) is 29.3 Å². The number of rotatable bonds is 7. The van der Waals surface area contributed by atoms with Gasteiger partial charge in [-0.1, -0.05) is 65.4 Å². The molecule has 20 nitrogen and oxygen atoms in total. The number of Topliss-reactive ketones (excluding diaryl/α,β-unsaturated/α-hetero) is 2. The Morgan fingerprint density at radius 1 is 0.652 bits per heavy atom. The van der Waals surface area contributed by atoms with Gasteiger partial charge in [-0.05, 0) is 158 Å². The van der Waals surface area contributed by atoms with Crippen LogP contribution in [0.1, 0.15) is 54.0 Å². The molecule has 0 aliphatic carbocycles. The predicted molar refractivity (Wildman–Crippen MR) is 385 cm³/mol. The topological polar surface area (TPSA) is 317 Å². The fourth-order valence-corrected chi connectivity index (χ4v) is 11.5. The van der Waals surface area contributed by atoms with Crippen molar-refractivity contribution >= 4 is 169 Å². The number of carbonyl (C=O) groups is 5. The minimum absolute atomic E-state index is 0. The fraction of sp³-hybridized carbons (Fsp3) is 0.250. The minimum atomic E-state index is -4.72. The van der Waals surface area contributed by atoms with Crippen molar-refractivity contribution in [3.63, 3.8) is 0 Å². The maximum Gasteiger partial charge on any atom is 1.00 e. The summed E-state index contributed by atoms with van der Waals surface area (Å²) >= 11 is 16.6. The molecule has 6 aromatic carbocycles. The van der Waals surface area contributed by atoms with Crippen LogP contribution in [0, 0.1) is 23.3 Å². The molecule has 2 amide bonds. The van der Waals surface area contributed by atoms with Crippen LogP contribution in [0.15, 0.2) is 144 Å². The molecule has 8 heterocycles. The van der Waals surface area contributed by atoms with E-state index < -0.39 is 124 Å². The molecule has 1 spiro atoms. The van der Waals surface area contributed by atoms with E-state index in [4.69, 9.17) is 54.1 Å². The number of H-pyrrole nitrogens is 4. The first kappa shape index (κ1) is 104. The first-order chi connectivity index (χ1) is 51.9. The number of hydrogen-bond donors (Lipinski definition) is 10. The minimum Gasteiger partial charge on any atom is -1.00 e. The Labute approximate surface area is 733 Å². The molecule has 1 saturated heterocycles. The van der Waals surface area contributed by atoms with Gasteiger partial charge in [0.1, 0.15) is 35.4 Å². The summed E-state index contributed by atoms with van der Waals surface area (Å²) in [6.45, 7) is 1.82. The number of aromatic amines is 4. The average Bonchev–Trinajstić information content (AvgIpc) is 1.54. The van der Waals surface area contributed by atoms with Gasteiger partial charge in [0.05, 0.1) is 27.6 Å². The quantitative estimate of drug-likeness (QED) is 0.00933. The normalized spacial score (nSPS) is 15.5. The van der Waals surface area contributed by atoms with Gasteiger partial charge >= 0.3 is 109 Å². The Kier molecular flexibility index (Phi) is 41.8. The number of alkyl halides is 17. The van der Waals surface area contributed by atoms with Crippen LogP contribution in [0.4, 0.5) is 94.8 Å². The summed E-state index contributed by atoms with van der Waals surface area (Å²) in [5.41, 5.74) is 5.90. The summed E-state index contributed by atoms with van der Waals surface area (Å²) in [6, 6.07) is 23.4. The predicted octanol–water partition coefficient (Wildman–Crippen LogP) is 6.57. The number of aromatic nitrogens is 4. The molecular weight excluding hydrogens is 1790 g/mol. The Bertz CT molecular complexity index is 5000. The molecule has 10 aromatic rings. The number of nitrogens with two attached hydrogens (primary N) is 1. The van der Waals surface area contributed by atoms with Crippen molar-refractivity contribution in [2.24, 2.45) is 16.0 Å². The molecule has 115 heavy (non-hydrogen) atoms. The summed E-state index contributed by atoms with van der Waals surface area (Å²) in [4.78, 5) is 67.4. The molecule has 0 bridgehead atoms. The number of nitrogens with one attached hydrogen (secondary N) is 7. The third kappa shape index (κ3) is 29.1. The molecule has 0 radical (unpaired) electrons. The maximum atomic E-state index is 13.8. The van der Waals surface area contributed by atoms with Gasteiger partial charge in [-0.25, -0.2) is 17.6 Å². The van der Waals surface area contributed by atoms with Gasteiger partial charge in [-0.2, -0.15) is 65.9 Å². The number of oxime groups is 2. The number of amides is 2. The van der Waals surface area contributed by atoms with E-state index in [9.17, 15) is 103 Å². The van der Waals surface area contributed by atoms with Crippen LogP contribution < -0.4 is 105 Å². The summed E-state index contributed by atoms with van der Waals surface area (Å²) in [6.07, 6.45) is -17.3. The zero-order valence-corrected chi connectivity index (χ0v) is 67.3. The van der Waals surface area contributed by atoms with Gasteiger partial charge < -0.3 is 64.5 Å². The van der Waals surface area contributed by atoms with Crippen LogP contribution in [0.2, 0.25) is 10.0 Å². The van der Waals surface area contributed by atoms with E-state index in [0.717, 1.165) is 30.2 Å². The molecule has 1 fully saturated rings. The van der Waals surface area contributed by atoms with E-state index in [2.05, 4.69) is 77.8 Å². The van der Waals surface area contributed by atoms with Crippen molar-refractivity contribution in [3.05, 3.63) is 201 Å². The fourth-order valence-electron chi connectivity index (χ4n) is 10.4. The third-order valence-electron chi connectivity index (χ3n) is 15.6. The molecular formula is C68H59AlBr2Cl2F19LiN10Na2O10. The molecule has 11 N–H and O–H groups in total. The zero-order valence-electron chi connectivity index (χ0n) is 60.6. The summed E-state index contributed by atoms with van der Waals surface area (Å²) in [5, 5.41) is 38.0. The number of anilines is 2. The Morgan fingerprint density at radius 2 is 1.14 bits per heavy atom.